The fraction of sp³-hybridized carbons (Fsp3) is 0.720. The molecule has 0 amide bonds. The van der Waals surface area contributed by atoms with Gasteiger partial charge in [0.05, 0.1) is 31.3 Å². The standard InChI is InChI=1S/C25H36N2O3/c1-29-23(28)25-13-19-10-20(14-25)12-21(11-19)22(25)26-16-24(8-5-9-27-24)17-30-15-18-6-3-2-4-7-18/h2-4,6-7,19-22,26-27H,5,8-17H2,1H3. The number of hydrogen-bond donors (Lipinski definition) is 2. The fourth-order valence-electron chi connectivity index (χ4n) is 7.34. The van der Waals surface area contributed by atoms with E-state index in [4.69, 9.17) is 9.47 Å². The van der Waals surface area contributed by atoms with E-state index in [1.54, 1.807) is 7.11 Å². The Bertz CT molecular complexity index is 732. The van der Waals surface area contributed by atoms with Crippen molar-refractivity contribution in [2.24, 2.45) is 23.2 Å². The van der Waals surface area contributed by atoms with Crippen molar-refractivity contribution in [1.82, 2.24) is 10.6 Å². The van der Waals surface area contributed by atoms with Gasteiger partial charge in [0.25, 0.3) is 0 Å². The quantitative estimate of drug-likeness (QED) is 0.642. The predicted molar refractivity (Wildman–Crippen MR) is 116 cm³/mol. The molecule has 5 fully saturated rings. The van der Waals surface area contributed by atoms with Crippen LogP contribution in [0.15, 0.2) is 30.3 Å². The second-order valence-electron chi connectivity index (χ2n) is 10.4. The zero-order chi connectivity index (χ0) is 20.6. The average Bonchev–Trinajstić information content (AvgIpc) is 3.22. The maximum absolute atomic E-state index is 13.0. The fourth-order valence-corrected chi connectivity index (χ4v) is 7.34. The lowest BCUT2D eigenvalue weighted by Crippen LogP contribution is -2.66. The van der Waals surface area contributed by atoms with Crippen molar-refractivity contribution >= 4 is 5.97 Å². The summed E-state index contributed by atoms with van der Waals surface area (Å²) in [5, 5.41) is 7.64. The Kier molecular flexibility index (Phi) is 5.63. The first kappa shape index (κ1) is 20.5. The smallest absolute Gasteiger partial charge is 0.313 e. The zero-order valence-corrected chi connectivity index (χ0v) is 18.2. The minimum atomic E-state index is -0.311. The van der Waals surface area contributed by atoms with E-state index in [-0.39, 0.29) is 23.0 Å². The molecule has 30 heavy (non-hydrogen) atoms. The van der Waals surface area contributed by atoms with Gasteiger partial charge in [0, 0.05) is 12.6 Å². The summed E-state index contributed by atoms with van der Waals surface area (Å²) in [6, 6.07) is 10.6. The second kappa shape index (κ2) is 8.25. The van der Waals surface area contributed by atoms with E-state index in [1.807, 2.05) is 6.07 Å². The van der Waals surface area contributed by atoms with E-state index >= 15 is 0 Å². The summed E-state index contributed by atoms with van der Waals surface area (Å²) < 4.78 is 11.5. The number of methoxy groups -OCH3 is 1. The molecular weight excluding hydrogens is 376 g/mol. The number of esters is 1. The van der Waals surface area contributed by atoms with Crippen molar-refractivity contribution in [3.8, 4) is 0 Å². The third-order valence-corrected chi connectivity index (χ3v) is 8.39. The van der Waals surface area contributed by atoms with Gasteiger partial charge in [-0.3, -0.25) is 4.79 Å². The third kappa shape index (κ3) is 3.69. The number of benzene rings is 1. The minimum Gasteiger partial charge on any atom is -0.469 e. The molecule has 6 rings (SSSR count). The summed E-state index contributed by atoms with van der Waals surface area (Å²) in [4.78, 5) is 13.0. The van der Waals surface area contributed by atoms with Crippen LogP contribution in [0.3, 0.4) is 0 Å². The molecule has 1 aliphatic heterocycles. The summed E-state index contributed by atoms with van der Waals surface area (Å²) in [5.41, 5.74) is 0.860. The molecule has 1 aromatic rings. The summed E-state index contributed by atoms with van der Waals surface area (Å²) in [6.45, 7) is 3.24. The Morgan fingerprint density at radius 3 is 2.60 bits per heavy atom. The first-order valence-electron chi connectivity index (χ1n) is 11.8. The summed E-state index contributed by atoms with van der Waals surface area (Å²) in [7, 11) is 1.56. The largest absolute Gasteiger partial charge is 0.469 e. The van der Waals surface area contributed by atoms with Gasteiger partial charge in [0.1, 0.15) is 0 Å². The molecule has 1 saturated heterocycles. The van der Waals surface area contributed by atoms with Crippen molar-refractivity contribution in [3.05, 3.63) is 35.9 Å². The summed E-state index contributed by atoms with van der Waals surface area (Å²) in [6.07, 6.45) is 8.18. The zero-order valence-electron chi connectivity index (χ0n) is 18.2. The van der Waals surface area contributed by atoms with Crippen LogP contribution >= 0.6 is 0 Å². The third-order valence-electron chi connectivity index (χ3n) is 8.39. The lowest BCUT2D eigenvalue weighted by molar-refractivity contribution is -0.174. The molecule has 4 unspecified atom stereocenters. The summed E-state index contributed by atoms with van der Waals surface area (Å²) >= 11 is 0. The number of hydrogen-bond acceptors (Lipinski definition) is 5. The average molecular weight is 413 g/mol. The van der Waals surface area contributed by atoms with E-state index in [1.165, 1.54) is 31.2 Å². The number of carbonyl (C=O) groups excluding carboxylic acids is 1. The molecule has 4 bridgehead atoms. The highest BCUT2D eigenvalue weighted by atomic mass is 16.5. The molecule has 0 aromatic heterocycles. The molecule has 4 saturated carbocycles. The molecular formula is C25H36N2O3. The number of ether oxygens (including phenoxy) is 2. The van der Waals surface area contributed by atoms with Crippen molar-refractivity contribution in [2.45, 2.75) is 63.1 Å². The number of nitrogens with one attached hydrogen (secondary N) is 2. The molecule has 1 aromatic carbocycles. The molecule has 0 radical (unpaired) electrons. The lowest BCUT2D eigenvalue weighted by atomic mass is 9.47. The van der Waals surface area contributed by atoms with Crippen LogP contribution in [0.2, 0.25) is 0 Å². The number of carbonyl (C=O) groups is 1. The highest BCUT2D eigenvalue weighted by molar-refractivity contribution is 5.78. The Morgan fingerprint density at radius 1 is 1.17 bits per heavy atom. The highest BCUT2D eigenvalue weighted by Gasteiger charge is 2.61. The maximum atomic E-state index is 13.0. The van der Waals surface area contributed by atoms with Crippen molar-refractivity contribution < 1.29 is 14.3 Å². The Balaban J connectivity index is 1.26. The maximum Gasteiger partial charge on any atom is 0.313 e. The topological polar surface area (TPSA) is 59.6 Å². The van der Waals surface area contributed by atoms with Crippen molar-refractivity contribution in [1.29, 1.82) is 0 Å². The van der Waals surface area contributed by atoms with Gasteiger partial charge >= 0.3 is 5.97 Å². The molecule has 4 aliphatic carbocycles. The van der Waals surface area contributed by atoms with Crippen LogP contribution in [0.4, 0.5) is 0 Å². The summed E-state index contributed by atoms with van der Waals surface area (Å²) in [5.74, 6) is 2.06. The minimum absolute atomic E-state index is 0.0212. The molecule has 4 atom stereocenters. The normalized spacial score (nSPS) is 39.4. The van der Waals surface area contributed by atoms with Gasteiger partial charge in [-0.25, -0.2) is 0 Å². The Hall–Kier alpha value is -1.43. The van der Waals surface area contributed by atoms with Crippen LogP contribution in [0.25, 0.3) is 0 Å². The lowest BCUT2D eigenvalue weighted by Gasteiger charge is -2.60. The molecule has 1 heterocycles. The Morgan fingerprint density at radius 2 is 1.93 bits per heavy atom. The van der Waals surface area contributed by atoms with Gasteiger partial charge in [-0.1, -0.05) is 30.3 Å². The molecule has 5 aliphatic rings. The Labute approximate surface area is 180 Å². The van der Waals surface area contributed by atoms with Gasteiger partial charge in [-0.15, -0.1) is 0 Å². The molecule has 5 heteroatoms. The first-order chi connectivity index (χ1) is 14.6. The second-order valence-corrected chi connectivity index (χ2v) is 10.4. The van der Waals surface area contributed by atoms with Crippen LogP contribution in [-0.4, -0.2) is 44.4 Å². The van der Waals surface area contributed by atoms with Crippen LogP contribution < -0.4 is 10.6 Å². The van der Waals surface area contributed by atoms with Gasteiger partial charge in [0.2, 0.25) is 0 Å². The monoisotopic (exact) mass is 412 g/mol. The van der Waals surface area contributed by atoms with Crippen LogP contribution in [-0.2, 0) is 20.9 Å². The van der Waals surface area contributed by atoms with E-state index in [0.717, 1.165) is 32.4 Å². The van der Waals surface area contributed by atoms with E-state index in [9.17, 15) is 4.79 Å². The predicted octanol–water partition coefficient (Wildman–Crippen LogP) is 3.28. The van der Waals surface area contributed by atoms with Gasteiger partial charge in [0.15, 0.2) is 0 Å². The molecule has 5 nitrogen and oxygen atoms in total. The highest BCUT2D eigenvalue weighted by Crippen LogP contribution is 2.60. The van der Waals surface area contributed by atoms with E-state index < -0.39 is 0 Å². The SMILES string of the molecule is COC(=O)C12CC3CC(CC(C3)C1NCC1(COCc3ccccc3)CCCN1)C2. The van der Waals surface area contributed by atoms with E-state index in [0.29, 0.717) is 31.0 Å². The van der Waals surface area contributed by atoms with Crippen molar-refractivity contribution in [3.63, 3.8) is 0 Å². The molecule has 0 spiro atoms. The van der Waals surface area contributed by atoms with Crippen LogP contribution in [0.5, 0.6) is 0 Å². The van der Waals surface area contributed by atoms with Crippen molar-refractivity contribution in [2.75, 3.05) is 26.8 Å². The van der Waals surface area contributed by atoms with Gasteiger partial charge in [-0.05, 0) is 74.8 Å². The van der Waals surface area contributed by atoms with Gasteiger partial charge in [-0.2, -0.15) is 0 Å². The van der Waals surface area contributed by atoms with E-state index in [2.05, 4.69) is 34.9 Å². The van der Waals surface area contributed by atoms with Gasteiger partial charge < -0.3 is 20.1 Å². The first-order valence-corrected chi connectivity index (χ1v) is 11.8. The molecule has 2 N–H and O–H groups in total. The number of rotatable bonds is 8. The van der Waals surface area contributed by atoms with Crippen LogP contribution in [0, 0.1) is 23.2 Å². The van der Waals surface area contributed by atoms with Crippen LogP contribution in [0.1, 0.15) is 50.5 Å². The molecule has 164 valence electrons.